The van der Waals surface area contributed by atoms with Crippen LogP contribution >= 0.6 is 11.8 Å². The average Bonchev–Trinajstić information content (AvgIpc) is 3.40. The summed E-state index contributed by atoms with van der Waals surface area (Å²) in [6, 6.07) is 8.06. The van der Waals surface area contributed by atoms with Gasteiger partial charge in [-0.2, -0.15) is 0 Å². The first-order valence-electron chi connectivity index (χ1n) is 12.8. The Bertz CT molecular complexity index is 1090. The van der Waals surface area contributed by atoms with E-state index in [1.54, 1.807) is 18.0 Å². The van der Waals surface area contributed by atoms with Gasteiger partial charge in [0.2, 0.25) is 0 Å². The van der Waals surface area contributed by atoms with Crippen molar-refractivity contribution < 1.29 is 14.3 Å². The predicted octanol–water partition coefficient (Wildman–Crippen LogP) is 4.00. The Labute approximate surface area is 210 Å². The number of carbonyl (C=O) groups excluding carboxylic acids is 2. The highest BCUT2D eigenvalue weighted by atomic mass is 32.2. The zero-order valence-electron chi connectivity index (χ0n) is 20.1. The van der Waals surface area contributed by atoms with E-state index in [2.05, 4.69) is 16.0 Å². The van der Waals surface area contributed by atoms with Crippen LogP contribution in [-0.2, 0) is 9.53 Å². The maximum atomic E-state index is 13.7. The normalized spacial score (nSPS) is 27.8. The van der Waals surface area contributed by atoms with Crippen molar-refractivity contribution in [1.29, 1.82) is 0 Å². The number of thioether (sulfide) groups is 1. The van der Waals surface area contributed by atoms with Gasteiger partial charge in [0.15, 0.2) is 0 Å². The summed E-state index contributed by atoms with van der Waals surface area (Å²) in [7, 11) is 1.47. The van der Waals surface area contributed by atoms with Crippen molar-refractivity contribution in [3.05, 3.63) is 47.8 Å². The third-order valence-electron chi connectivity index (χ3n) is 8.28. The highest BCUT2D eigenvalue weighted by Gasteiger charge is 2.60. The van der Waals surface area contributed by atoms with Gasteiger partial charge >= 0.3 is 5.97 Å². The molecule has 4 heterocycles. The van der Waals surface area contributed by atoms with E-state index in [1.165, 1.54) is 38.4 Å². The van der Waals surface area contributed by atoms with Crippen LogP contribution in [-0.4, -0.2) is 65.3 Å². The van der Waals surface area contributed by atoms with Crippen LogP contribution in [0.2, 0.25) is 0 Å². The minimum Gasteiger partial charge on any atom is -0.469 e. The Balaban J connectivity index is 1.20. The summed E-state index contributed by atoms with van der Waals surface area (Å²) in [6.45, 7) is 3.15. The second kappa shape index (κ2) is 9.45. The van der Waals surface area contributed by atoms with Crippen molar-refractivity contribution in [2.75, 3.05) is 38.2 Å². The largest absolute Gasteiger partial charge is 0.469 e. The molecule has 4 aliphatic rings. The quantitative estimate of drug-likeness (QED) is 0.564. The molecule has 2 saturated heterocycles. The molecule has 2 aliphatic carbocycles. The summed E-state index contributed by atoms with van der Waals surface area (Å²) in [4.78, 5) is 39.1. The molecule has 2 aromatic heterocycles. The lowest BCUT2D eigenvalue weighted by Gasteiger charge is -2.24. The summed E-state index contributed by atoms with van der Waals surface area (Å²) in [6.07, 6.45) is 9.56. The number of rotatable bonds is 6. The van der Waals surface area contributed by atoms with Crippen molar-refractivity contribution in [2.45, 2.75) is 48.3 Å². The van der Waals surface area contributed by atoms with Crippen LogP contribution in [0.15, 0.2) is 41.7 Å². The van der Waals surface area contributed by atoms with E-state index in [9.17, 15) is 9.59 Å². The van der Waals surface area contributed by atoms with Gasteiger partial charge in [-0.1, -0.05) is 18.9 Å². The minimum atomic E-state index is -0.0822. The number of amides is 1. The monoisotopic (exact) mass is 492 g/mol. The van der Waals surface area contributed by atoms with Gasteiger partial charge in [-0.25, -0.2) is 4.98 Å². The Morgan fingerprint density at radius 1 is 1.06 bits per heavy atom. The zero-order valence-corrected chi connectivity index (χ0v) is 21.0. The number of ether oxygens (including phenoxy) is 1. The van der Waals surface area contributed by atoms with Crippen molar-refractivity contribution in [1.82, 2.24) is 14.9 Å². The van der Waals surface area contributed by atoms with Gasteiger partial charge < -0.3 is 14.5 Å². The van der Waals surface area contributed by atoms with Gasteiger partial charge in [0.25, 0.3) is 5.91 Å². The smallest absolute Gasteiger partial charge is 0.309 e. The second-order valence-electron chi connectivity index (χ2n) is 10.4. The molecule has 1 amide bonds. The van der Waals surface area contributed by atoms with E-state index < -0.39 is 0 Å². The first kappa shape index (κ1) is 22.8. The van der Waals surface area contributed by atoms with E-state index in [-0.39, 0.29) is 17.8 Å². The van der Waals surface area contributed by atoms with Gasteiger partial charge in [0.1, 0.15) is 10.8 Å². The third-order valence-corrected chi connectivity index (χ3v) is 9.62. The molecule has 8 heteroatoms. The molecule has 1 unspecified atom stereocenters. The topological polar surface area (TPSA) is 75.6 Å². The van der Waals surface area contributed by atoms with Crippen molar-refractivity contribution in [3.63, 3.8) is 0 Å². The Kier molecular flexibility index (Phi) is 6.16. The van der Waals surface area contributed by atoms with Crippen LogP contribution in [0.1, 0.15) is 53.9 Å². The molecule has 6 rings (SSSR count). The molecule has 4 atom stereocenters. The number of likely N-dealkylation sites (tertiary alicyclic amines) is 1. The lowest BCUT2D eigenvalue weighted by Crippen LogP contribution is -2.30. The number of carbonyl (C=O) groups is 2. The fraction of sp³-hybridized carbons (Fsp3) is 0.556. The van der Waals surface area contributed by atoms with Crippen LogP contribution in [0.25, 0.3) is 0 Å². The summed E-state index contributed by atoms with van der Waals surface area (Å²) in [5.74, 6) is 2.05. The zero-order chi connectivity index (χ0) is 23.9. The second-order valence-corrected chi connectivity index (χ2v) is 11.6. The van der Waals surface area contributed by atoms with Gasteiger partial charge in [0, 0.05) is 49.7 Å². The molecule has 2 aliphatic heterocycles. The highest BCUT2D eigenvalue weighted by molar-refractivity contribution is 7.99. The SMILES string of the molecule is COC(=O)[C@H]1[C@@H]2CN(c3ccc(C(=O)N4CCC(c5cccnc5)C4)c(SC4CCCC4)n3)C[C@@H]21. The van der Waals surface area contributed by atoms with Crippen LogP contribution in [0.4, 0.5) is 5.82 Å². The van der Waals surface area contributed by atoms with Gasteiger partial charge in [0.05, 0.1) is 18.6 Å². The van der Waals surface area contributed by atoms with E-state index in [4.69, 9.17) is 9.72 Å². The predicted molar refractivity (Wildman–Crippen MR) is 135 cm³/mol. The Morgan fingerprint density at radius 2 is 1.86 bits per heavy atom. The molecule has 7 nitrogen and oxygen atoms in total. The summed E-state index contributed by atoms with van der Waals surface area (Å²) >= 11 is 1.79. The molecule has 0 radical (unpaired) electrons. The number of pyridine rings is 2. The minimum absolute atomic E-state index is 0.0485. The van der Waals surface area contributed by atoms with E-state index in [0.717, 1.165) is 49.0 Å². The molecule has 2 saturated carbocycles. The third kappa shape index (κ3) is 4.41. The highest BCUT2D eigenvalue weighted by Crippen LogP contribution is 2.53. The lowest BCUT2D eigenvalue weighted by atomic mass is 10.0. The molecular weight excluding hydrogens is 460 g/mol. The summed E-state index contributed by atoms with van der Waals surface area (Å²) < 4.78 is 4.95. The Morgan fingerprint density at radius 3 is 2.57 bits per heavy atom. The molecule has 184 valence electrons. The number of anilines is 1. The number of aromatic nitrogens is 2. The van der Waals surface area contributed by atoms with Gasteiger partial charge in [-0.05, 0) is 54.9 Å². The number of esters is 1. The van der Waals surface area contributed by atoms with E-state index >= 15 is 0 Å². The van der Waals surface area contributed by atoms with Crippen LogP contribution in [0, 0.1) is 17.8 Å². The molecule has 35 heavy (non-hydrogen) atoms. The van der Waals surface area contributed by atoms with E-state index in [1.807, 2.05) is 29.3 Å². The number of piperidine rings is 1. The maximum Gasteiger partial charge on any atom is 0.309 e. The Hall–Kier alpha value is -2.61. The molecule has 2 aromatic rings. The van der Waals surface area contributed by atoms with Crippen molar-refractivity contribution in [3.8, 4) is 0 Å². The summed E-state index contributed by atoms with van der Waals surface area (Å²) in [5, 5.41) is 1.40. The number of fused-ring (bicyclic) bond motifs is 1. The lowest BCUT2D eigenvalue weighted by molar-refractivity contribution is -0.142. The number of nitrogens with zero attached hydrogens (tertiary/aromatic N) is 4. The van der Waals surface area contributed by atoms with Crippen LogP contribution in [0.5, 0.6) is 0 Å². The van der Waals surface area contributed by atoms with Crippen molar-refractivity contribution in [2.24, 2.45) is 17.8 Å². The molecule has 0 N–H and O–H groups in total. The van der Waals surface area contributed by atoms with E-state index in [0.29, 0.717) is 23.0 Å². The first-order chi connectivity index (χ1) is 17.1. The molecule has 0 bridgehead atoms. The molecule has 0 spiro atoms. The summed E-state index contributed by atoms with van der Waals surface area (Å²) in [5.41, 5.74) is 1.93. The standard InChI is InChI=1S/C27H32N4O3S/c1-34-27(33)24-21-15-31(16-22(21)24)23-9-8-20(25(29-23)35-19-6-2-3-7-19)26(32)30-12-10-18(14-30)17-5-4-11-28-13-17/h4-5,8-9,11,13,18-19,21-22,24H,2-3,6-7,10,12,14-16H2,1H3/t18?,21-,22+,24+. The van der Waals surface area contributed by atoms with Crippen LogP contribution in [0.3, 0.4) is 0 Å². The maximum absolute atomic E-state index is 13.7. The number of hydrogen-bond acceptors (Lipinski definition) is 7. The molecule has 4 fully saturated rings. The fourth-order valence-corrected chi connectivity index (χ4v) is 7.54. The average molecular weight is 493 g/mol. The van der Waals surface area contributed by atoms with Gasteiger partial charge in [-0.3, -0.25) is 14.6 Å². The molecule has 0 aromatic carbocycles. The number of hydrogen-bond donors (Lipinski definition) is 0. The fourth-order valence-electron chi connectivity index (χ4n) is 6.23. The first-order valence-corrected chi connectivity index (χ1v) is 13.7. The van der Waals surface area contributed by atoms with Gasteiger partial charge in [-0.15, -0.1) is 11.8 Å². The van der Waals surface area contributed by atoms with Crippen LogP contribution < -0.4 is 4.90 Å². The molecular formula is C27H32N4O3S. The van der Waals surface area contributed by atoms with Crippen molar-refractivity contribution >= 4 is 29.5 Å². The number of methoxy groups -OCH3 is 1.